The maximum Gasteiger partial charge on any atom is 0.239 e. The summed E-state index contributed by atoms with van der Waals surface area (Å²) in [7, 11) is -3.70. The lowest BCUT2D eigenvalue weighted by molar-refractivity contribution is 0.158. The van der Waals surface area contributed by atoms with Crippen molar-refractivity contribution in [2.24, 2.45) is 5.14 Å². The van der Waals surface area contributed by atoms with Crippen molar-refractivity contribution >= 4 is 10.0 Å². The highest BCUT2D eigenvalue weighted by Gasteiger charge is 2.17. The van der Waals surface area contributed by atoms with Gasteiger partial charge in [-0.25, -0.2) is 13.6 Å². The summed E-state index contributed by atoms with van der Waals surface area (Å²) in [6, 6.07) is 2.99. The number of aromatic nitrogens is 1. The van der Waals surface area contributed by atoms with Gasteiger partial charge in [0.15, 0.2) is 0 Å². The van der Waals surface area contributed by atoms with E-state index in [-0.39, 0.29) is 10.8 Å². The van der Waals surface area contributed by atoms with Gasteiger partial charge in [-0.05, 0) is 25.5 Å². The van der Waals surface area contributed by atoms with Gasteiger partial charge in [-0.2, -0.15) is 0 Å². The SMILES string of the molecule is CCC(c1ccc(S(N)(=O)=O)cn1)C(C)O. The van der Waals surface area contributed by atoms with E-state index < -0.39 is 16.1 Å². The summed E-state index contributed by atoms with van der Waals surface area (Å²) < 4.78 is 22.0. The van der Waals surface area contributed by atoms with Crippen molar-refractivity contribution in [3.63, 3.8) is 0 Å². The van der Waals surface area contributed by atoms with E-state index in [0.717, 1.165) is 6.42 Å². The summed E-state index contributed by atoms with van der Waals surface area (Å²) in [4.78, 5) is 4.00. The van der Waals surface area contributed by atoms with E-state index >= 15 is 0 Å². The summed E-state index contributed by atoms with van der Waals surface area (Å²) in [5, 5.41) is 14.5. The van der Waals surface area contributed by atoms with Crippen molar-refractivity contribution in [1.29, 1.82) is 0 Å². The monoisotopic (exact) mass is 244 g/mol. The largest absolute Gasteiger partial charge is 0.393 e. The molecule has 0 spiro atoms. The van der Waals surface area contributed by atoms with Crippen molar-refractivity contribution in [3.8, 4) is 0 Å². The Labute approximate surface area is 95.4 Å². The Morgan fingerprint density at radius 2 is 2.12 bits per heavy atom. The number of pyridine rings is 1. The number of rotatable bonds is 4. The molecule has 6 heteroatoms. The number of sulfonamides is 1. The van der Waals surface area contributed by atoms with Gasteiger partial charge in [-0.3, -0.25) is 4.98 Å². The fourth-order valence-corrected chi connectivity index (χ4v) is 2.03. The standard InChI is InChI=1S/C10H16N2O3S/c1-3-9(7(2)13)10-5-4-8(6-12-10)16(11,14)15/h4-7,9,13H,3H2,1-2H3,(H2,11,14,15). The van der Waals surface area contributed by atoms with Crippen LogP contribution in [0.2, 0.25) is 0 Å². The zero-order valence-corrected chi connectivity index (χ0v) is 10.1. The Hall–Kier alpha value is -0.980. The van der Waals surface area contributed by atoms with E-state index in [1.165, 1.54) is 12.3 Å². The average molecular weight is 244 g/mol. The third-order valence-corrected chi connectivity index (χ3v) is 3.39. The molecule has 90 valence electrons. The highest BCUT2D eigenvalue weighted by Crippen LogP contribution is 2.21. The minimum Gasteiger partial charge on any atom is -0.393 e. The first kappa shape index (κ1) is 13.1. The second-order valence-electron chi connectivity index (χ2n) is 3.72. The molecule has 0 fully saturated rings. The van der Waals surface area contributed by atoms with Gasteiger partial charge in [0.25, 0.3) is 0 Å². The zero-order valence-electron chi connectivity index (χ0n) is 9.29. The Kier molecular flexibility index (Phi) is 4.01. The molecule has 16 heavy (non-hydrogen) atoms. The van der Waals surface area contributed by atoms with Gasteiger partial charge in [0.05, 0.1) is 6.10 Å². The number of hydrogen-bond donors (Lipinski definition) is 2. The minimum absolute atomic E-state index is 0.0169. The average Bonchev–Trinajstić information content (AvgIpc) is 2.17. The molecule has 0 aliphatic heterocycles. The normalized spacial score (nSPS) is 15.8. The molecule has 0 bridgehead atoms. The summed E-state index contributed by atoms with van der Waals surface area (Å²) in [5.41, 5.74) is 0.671. The van der Waals surface area contributed by atoms with Crippen molar-refractivity contribution < 1.29 is 13.5 Å². The van der Waals surface area contributed by atoms with Crippen LogP contribution in [0.3, 0.4) is 0 Å². The van der Waals surface area contributed by atoms with Crippen LogP contribution in [0.15, 0.2) is 23.2 Å². The molecule has 1 aromatic heterocycles. The highest BCUT2D eigenvalue weighted by atomic mass is 32.2. The highest BCUT2D eigenvalue weighted by molar-refractivity contribution is 7.89. The van der Waals surface area contributed by atoms with Crippen molar-refractivity contribution in [2.75, 3.05) is 0 Å². The molecular weight excluding hydrogens is 228 g/mol. The van der Waals surface area contributed by atoms with Gasteiger partial charge in [-0.15, -0.1) is 0 Å². The van der Waals surface area contributed by atoms with Crippen LogP contribution in [0, 0.1) is 0 Å². The van der Waals surface area contributed by atoms with Crippen LogP contribution in [-0.2, 0) is 10.0 Å². The number of aliphatic hydroxyl groups is 1. The van der Waals surface area contributed by atoms with Crippen LogP contribution < -0.4 is 5.14 Å². The van der Waals surface area contributed by atoms with Crippen LogP contribution >= 0.6 is 0 Å². The van der Waals surface area contributed by atoms with E-state index in [0.29, 0.717) is 5.69 Å². The third kappa shape index (κ3) is 3.01. The first-order valence-electron chi connectivity index (χ1n) is 5.03. The Balaban J connectivity index is 3.03. The van der Waals surface area contributed by atoms with Crippen molar-refractivity contribution in [1.82, 2.24) is 4.98 Å². The van der Waals surface area contributed by atoms with Crippen LogP contribution in [0.4, 0.5) is 0 Å². The predicted octanol–water partition coefficient (Wildman–Crippen LogP) is 0.603. The minimum atomic E-state index is -3.70. The summed E-state index contributed by atoms with van der Waals surface area (Å²) in [6.07, 6.45) is 1.44. The first-order valence-corrected chi connectivity index (χ1v) is 6.57. The molecule has 1 heterocycles. The van der Waals surface area contributed by atoms with E-state index in [1.54, 1.807) is 13.0 Å². The molecule has 3 N–H and O–H groups in total. The van der Waals surface area contributed by atoms with Gasteiger partial charge in [0.2, 0.25) is 10.0 Å². The molecule has 0 saturated heterocycles. The fourth-order valence-electron chi connectivity index (χ4n) is 1.58. The van der Waals surface area contributed by atoms with Gasteiger partial charge < -0.3 is 5.11 Å². The molecular formula is C10H16N2O3S. The van der Waals surface area contributed by atoms with E-state index in [1.807, 2.05) is 6.92 Å². The third-order valence-electron chi connectivity index (χ3n) is 2.49. The van der Waals surface area contributed by atoms with E-state index in [2.05, 4.69) is 4.98 Å². The van der Waals surface area contributed by atoms with E-state index in [4.69, 9.17) is 5.14 Å². The van der Waals surface area contributed by atoms with E-state index in [9.17, 15) is 13.5 Å². The summed E-state index contributed by atoms with van der Waals surface area (Å²) >= 11 is 0. The second kappa shape index (κ2) is 4.90. The van der Waals surface area contributed by atoms with Crippen LogP contribution in [0.1, 0.15) is 31.9 Å². The molecule has 0 aromatic carbocycles. The molecule has 0 radical (unpaired) electrons. The van der Waals surface area contributed by atoms with Crippen LogP contribution in [-0.4, -0.2) is 24.6 Å². The Morgan fingerprint density at radius 3 is 2.44 bits per heavy atom. The van der Waals surface area contributed by atoms with Crippen LogP contribution in [0.5, 0.6) is 0 Å². The molecule has 0 amide bonds. The molecule has 5 nitrogen and oxygen atoms in total. The zero-order chi connectivity index (χ0) is 12.3. The van der Waals surface area contributed by atoms with Gasteiger partial charge in [-0.1, -0.05) is 6.92 Å². The Morgan fingerprint density at radius 1 is 1.50 bits per heavy atom. The summed E-state index contributed by atoms with van der Waals surface area (Å²) in [5.74, 6) is -0.0884. The lowest BCUT2D eigenvalue weighted by atomic mass is 9.96. The molecule has 2 unspecified atom stereocenters. The molecule has 0 aliphatic carbocycles. The topological polar surface area (TPSA) is 93.3 Å². The maximum absolute atomic E-state index is 11.0. The molecule has 1 rings (SSSR count). The van der Waals surface area contributed by atoms with Crippen LogP contribution in [0.25, 0.3) is 0 Å². The fraction of sp³-hybridized carbons (Fsp3) is 0.500. The smallest absolute Gasteiger partial charge is 0.239 e. The number of nitrogens with two attached hydrogens (primary N) is 1. The lowest BCUT2D eigenvalue weighted by Gasteiger charge is -2.17. The second-order valence-corrected chi connectivity index (χ2v) is 5.28. The number of aliphatic hydroxyl groups excluding tert-OH is 1. The van der Waals surface area contributed by atoms with Gasteiger partial charge >= 0.3 is 0 Å². The summed E-state index contributed by atoms with van der Waals surface area (Å²) in [6.45, 7) is 3.62. The molecule has 0 aliphatic rings. The predicted molar refractivity (Wildman–Crippen MR) is 60.3 cm³/mol. The van der Waals surface area contributed by atoms with Crippen molar-refractivity contribution in [3.05, 3.63) is 24.0 Å². The molecule has 0 saturated carbocycles. The van der Waals surface area contributed by atoms with Gasteiger partial charge in [0.1, 0.15) is 4.90 Å². The number of hydrogen-bond acceptors (Lipinski definition) is 4. The maximum atomic E-state index is 11.0. The lowest BCUT2D eigenvalue weighted by Crippen LogP contribution is -2.16. The van der Waals surface area contributed by atoms with Crippen molar-refractivity contribution in [2.45, 2.75) is 37.2 Å². The van der Waals surface area contributed by atoms with Gasteiger partial charge in [0, 0.05) is 17.8 Å². The Bertz CT molecular complexity index is 440. The molecule has 1 aromatic rings. The quantitative estimate of drug-likeness (QED) is 0.811. The number of nitrogens with zero attached hydrogens (tertiary/aromatic N) is 1. The number of primary sulfonamides is 1. The first-order chi connectivity index (χ1) is 7.36. The molecule has 2 atom stereocenters.